The van der Waals surface area contributed by atoms with Crippen molar-refractivity contribution in [1.29, 1.82) is 0 Å². The van der Waals surface area contributed by atoms with Crippen LogP contribution in [0.4, 0.5) is 0 Å². The van der Waals surface area contributed by atoms with E-state index in [-0.39, 0.29) is 34.2 Å². The van der Waals surface area contributed by atoms with Gasteiger partial charge in [0.1, 0.15) is 11.6 Å². The van der Waals surface area contributed by atoms with Crippen molar-refractivity contribution in [3.05, 3.63) is 12.2 Å². The number of carbonyl (C=O) groups is 4. The highest BCUT2D eigenvalue weighted by Gasteiger charge is 2.66. The van der Waals surface area contributed by atoms with Gasteiger partial charge in [-0.3, -0.25) is 28.3 Å². The number of aliphatic carboxylic acids is 2. The van der Waals surface area contributed by atoms with Gasteiger partial charge in [-0.15, -0.1) is 0 Å². The summed E-state index contributed by atoms with van der Waals surface area (Å²) in [6, 6.07) is 0. The minimum absolute atomic E-state index is 0.0152. The van der Waals surface area contributed by atoms with E-state index in [0.29, 0.717) is 38.5 Å². The van der Waals surface area contributed by atoms with Crippen LogP contribution in [-0.4, -0.2) is 71.2 Å². The van der Waals surface area contributed by atoms with Gasteiger partial charge >= 0.3 is 11.9 Å². The van der Waals surface area contributed by atoms with Crippen molar-refractivity contribution in [3.8, 4) is 0 Å². The fourth-order valence-electron chi connectivity index (χ4n) is 8.20. The Hall–Kier alpha value is -2.16. The SMILES string of the molecule is CC1(C)C2CCC1(CS(=O)(=O)O)C(=O)C2.CC1(C)C2CCC1(CS(=O)(=O)O)C(=O)C2.O=C(O)C1C=CCCC1C(=O)O. The Bertz CT molecular complexity index is 1300. The van der Waals surface area contributed by atoms with Crippen LogP contribution in [0.3, 0.4) is 0 Å². The van der Waals surface area contributed by atoms with Gasteiger partial charge in [-0.1, -0.05) is 39.8 Å². The summed E-state index contributed by atoms with van der Waals surface area (Å²) in [6.07, 6.45) is 8.20. The van der Waals surface area contributed by atoms with Crippen molar-refractivity contribution in [2.75, 3.05) is 11.5 Å². The Labute approximate surface area is 246 Å². The van der Waals surface area contributed by atoms with E-state index in [1.807, 2.05) is 27.7 Å². The molecule has 4 saturated carbocycles. The molecule has 0 aromatic rings. The highest BCUT2D eigenvalue weighted by Crippen LogP contribution is 2.65. The second-order valence-electron chi connectivity index (χ2n) is 13.6. The van der Waals surface area contributed by atoms with Crippen LogP contribution in [0.2, 0.25) is 0 Å². The van der Waals surface area contributed by atoms with E-state index < -0.39 is 66.3 Å². The number of hydrogen-bond acceptors (Lipinski definition) is 8. The maximum Gasteiger partial charge on any atom is 0.311 e. The smallest absolute Gasteiger partial charge is 0.311 e. The Morgan fingerprint density at radius 2 is 1.17 bits per heavy atom. The molecule has 4 fully saturated rings. The van der Waals surface area contributed by atoms with Gasteiger partial charge in [-0.25, -0.2) is 0 Å². The highest BCUT2D eigenvalue weighted by molar-refractivity contribution is 7.86. The fourth-order valence-corrected chi connectivity index (χ4v) is 10.8. The summed E-state index contributed by atoms with van der Waals surface area (Å²) in [4.78, 5) is 44.9. The average molecular weight is 635 g/mol. The molecule has 238 valence electrons. The summed E-state index contributed by atoms with van der Waals surface area (Å²) in [5.74, 6) is -3.89. The van der Waals surface area contributed by atoms with Crippen LogP contribution in [0, 0.1) is 45.3 Å². The molecule has 42 heavy (non-hydrogen) atoms. The summed E-state index contributed by atoms with van der Waals surface area (Å²) in [5.41, 5.74) is -2.24. The molecule has 0 heterocycles. The lowest BCUT2D eigenvalue weighted by Gasteiger charge is -2.35. The van der Waals surface area contributed by atoms with E-state index in [4.69, 9.17) is 19.3 Å². The molecule has 5 rings (SSSR count). The van der Waals surface area contributed by atoms with Crippen molar-refractivity contribution < 1.29 is 55.3 Å². The Balaban J connectivity index is 0.000000174. The van der Waals surface area contributed by atoms with Crippen LogP contribution in [0.15, 0.2) is 12.2 Å². The largest absolute Gasteiger partial charge is 0.481 e. The number of fused-ring (bicyclic) bond motifs is 4. The van der Waals surface area contributed by atoms with Crippen molar-refractivity contribution >= 4 is 43.7 Å². The number of allylic oxidation sites excluding steroid dienone is 1. The molecule has 0 spiro atoms. The Morgan fingerprint density at radius 1 is 0.762 bits per heavy atom. The van der Waals surface area contributed by atoms with Gasteiger partial charge in [0.2, 0.25) is 0 Å². The van der Waals surface area contributed by atoms with Gasteiger partial charge in [0.05, 0.1) is 34.2 Å². The standard InChI is InChI=1S/2C10H16O4S.C8H10O4/c2*1-9(2)7-3-4-10(9,8(11)5-7)6-15(12,13)14;9-7(10)5-3-1-2-4-6(5)8(11)12/h2*7H,3-6H2,1-2H3,(H,12,13,14);1,3,5-6H,2,4H2,(H,9,10)(H,11,12). The molecular weight excluding hydrogens is 592 g/mol. The number of hydrogen-bond donors (Lipinski definition) is 4. The minimum atomic E-state index is -4.08. The lowest BCUT2D eigenvalue weighted by molar-refractivity contribution is -0.152. The third-order valence-electron chi connectivity index (χ3n) is 11.2. The molecule has 6 atom stereocenters. The number of carbonyl (C=O) groups excluding carboxylic acids is 2. The quantitative estimate of drug-likeness (QED) is 0.244. The van der Waals surface area contributed by atoms with Crippen LogP contribution in [0.1, 0.15) is 79.1 Å². The third-order valence-corrected chi connectivity index (χ3v) is 12.9. The molecule has 0 aliphatic heterocycles. The number of Topliss-reactive ketones (excluding diaryl/α,β-unsaturated/α-hetero) is 2. The monoisotopic (exact) mass is 634 g/mol. The Morgan fingerprint density at radius 3 is 1.40 bits per heavy atom. The summed E-state index contributed by atoms with van der Waals surface area (Å²) in [6.45, 7) is 7.78. The van der Waals surface area contributed by atoms with E-state index in [2.05, 4.69) is 0 Å². The first kappa shape index (κ1) is 34.3. The molecule has 0 amide bonds. The zero-order valence-electron chi connectivity index (χ0n) is 24.4. The lowest BCUT2D eigenvalue weighted by Crippen LogP contribution is -2.42. The van der Waals surface area contributed by atoms with E-state index in [1.54, 1.807) is 6.08 Å². The summed E-state index contributed by atoms with van der Waals surface area (Å²) in [5, 5.41) is 17.3. The van der Waals surface area contributed by atoms with Crippen molar-refractivity contribution in [3.63, 3.8) is 0 Å². The van der Waals surface area contributed by atoms with Crippen molar-refractivity contribution in [2.45, 2.75) is 79.1 Å². The molecule has 0 radical (unpaired) electrons. The number of ketones is 2. The van der Waals surface area contributed by atoms with E-state index >= 15 is 0 Å². The number of carboxylic acid groups (broad SMARTS) is 2. The van der Waals surface area contributed by atoms with Gasteiger partial charge in [0.25, 0.3) is 20.2 Å². The van der Waals surface area contributed by atoms with Crippen molar-refractivity contribution in [2.24, 2.45) is 45.3 Å². The summed E-state index contributed by atoms with van der Waals surface area (Å²) >= 11 is 0. The molecule has 0 saturated heterocycles. The zero-order valence-corrected chi connectivity index (χ0v) is 26.0. The first-order valence-electron chi connectivity index (χ1n) is 14.1. The highest BCUT2D eigenvalue weighted by atomic mass is 32.2. The molecule has 6 unspecified atom stereocenters. The molecule has 5 aliphatic rings. The fraction of sp³-hybridized carbons (Fsp3) is 0.786. The molecule has 0 aromatic carbocycles. The maximum atomic E-state index is 11.9. The first-order chi connectivity index (χ1) is 19.0. The predicted molar refractivity (Wildman–Crippen MR) is 151 cm³/mol. The van der Waals surface area contributed by atoms with E-state index in [0.717, 1.165) is 12.8 Å². The Kier molecular flexibility index (Phi) is 9.32. The van der Waals surface area contributed by atoms with Crippen LogP contribution < -0.4 is 0 Å². The second-order valence-corrected chi connectivity index (χ2v) is 16.5. The molecule has 0 aromatic heterocycles. The minimum Gasteiger partial charge on any atom is -0.481 e. The molecule has 4 bridgehead atoms. The first-order valence-corrected chi connectivity index (χ1v) is 17.3. The molecule has 5 aliphatic carbocycles. The van der Waals surface area contributed by atoms with Gasteiger partial charge in [-0.2, -0.15) is 16.8 Å². The number of carboxylic acids is 2. The normalized spacial score (nSPS) is 35.7. The van der Waals surface area contributed by atoms with Crippen LogP contribution in [0.25, 0.3) is 0 Å². The molecule has 14 heteroatoms. The average Bonchev–Trinajstić information content (AvgIpc) is 3.36. The van der Waals surface area contributed by atoms with Gasteiger partial charge < -0.3 is 10.2 Å². The van der Waals surface area contributed by atoms with Crippen LogP contribution in [-0.2, 0) is 39.4 Å². The second kappa shape index (κ2) is 11.4. The molecular formula is C28H42O12S2. The van der Waals surface area contributed by atoms with Crippen LogP contribution in [0.5, 0.6) is 0 Å². The predicted octanol–water partition coefficient (Wildman–Crippen LogP) is 3.28. The third kappa shape index (κ3) is 6.22. The maximum absolute atomic E-state index is 11.9. The summed E-state index contributed by atoms with van der Waals surface area (Å²) in [7, 11) is -8.15. The van der Waals surface area contributed by atoms with Crippen molar-refractivity contribution in [1.82, 2.24) is 0 Å². The topological polar surface area (TPSA) is 217 Å². The molecule has 4 N–H and O–H groups in total. The van der Waals surface area contributed by atoms with Gasteiger partial charge in [0, 0.05) is 12.8 Å². The van der Waals surface area contributed by atoms with E-state index in [1.165, 1.54) is 6.08 Å². The van der Waals surface area contributed by atoms with E-state index in [9.17, 15) is 36.0 Å². The summed E-state index contributed by atoms with van der Waals surface area (Å²) < 4.78 is 62.0. The van der Waals surface area contributed by atoms with Gasteiger partial charge in [0.15, 0.2) is 0 Å². The zero-order chi connectivity index (χ0) is 32.1. The van der Waals surface area contributed by atoms with Gasteiger partial charge in [-0.05, 0) is 61.2 Å². The number of rotatable bonds is 6. The lowest BCUT2D eigenvalue weighted by atomic mass is 9.70. The van der Waals surface area contributed by atoms with Crippen LogP contribution >= 0.6 is 0 Å². The molecule has 12 nitrogen and oxygen atoms in total.